The first kappa shape index (κ1) is 15.7. The second kappa shape index (κ2) is 6.39. The summed E-state index contributed by atoms with van der Waals surface area (Å²) in [6, 6.07) is 3.66. The molecule has 1 nitrogen and oxygen atoms in total. The molecule has 0 aliphatic heterocycles. The normalized spacial score (nSPS) is 12.7. The van der Waals surface area contributed by atoms with Crippen LogP contribution in [0.1, 0.15) is 29.7 Å². The molecule has 1 aromatic heterocycles. The number of thiophene rings is 1. The molecule has 2 aromatic rings. The van der Waals surface area contributed by atoms with Crippen LogP contribution in [0.3, 0.4) is 0 Å². The predicted octanol–water partition coefficient (Wildman–Crippen LogP) is 5.34. The first-order valence-electron chi connectivity index (χ1n) is 6.07. The Kier molecular flexibility index (Phi) is 5.02. The lowest BCUT2D eigenvalue weighted by molar-refractivity contribution is 0.538. The number of hydrogen-bond donors (Lipinski definition) is 1. The van der Waals surface area contributed by atoms with Gasteiger partial charge >= 0.3 is 0 Å². The van der Waals surface area contributed by atoms with Gasteiger partial charge in [-0.25, -0.2) is 8.78 Å². The van der Waals surface area contributed by atoms with Gasteiger partial charge in [0.15, 0.2) is 0 Å². The van der Waals surface area contributed by atoms with Crippen molar-refractivity contribution in [1.29, 1.82) is 0 Å². The van der Waals surface area contributed by atoms with E-state index in [0.29, 0.717) is 31.9 Å². The summed E-state index contributed by atoms with van der Waals surface area (Å²) >= 11 is 13.3. The number of halogens is 4. The summed E-state index contributed by atoms with van der Waals surface area (Å²) < 4.78 is 28.5. The summed E-state index contributed by atoms with van der Waals surface area (Å²) in [5, 5.41) is 3.16. The van der Waals surface area contributed by atoms with Crippen LogP contribution < -0.4 is 5.32 Å². The summed E-state index contributed by atoms with van der Waals surface area (Å²) in [4.78, 5) is 0. The van der Waals surface area contributed by atoms with Crippen molar-refractivity contribution in [2.75, 3.05) is 6.54 Å². The minimum atomic E-state index is -0.600. The van der Waals surface area contributed by atoms with Crippen LogP contribution in [0.2, 0.25) is 8.67 Å². The SMILES string of the molecule is CCNC(c1cc(C)c(F)cc1F)c1cc(Cl)sc1Cl. The van der Waals surface area contributed by atoms with Crippen LogP contribution in [0.15, 0.2) is 18.2 Å². The third kappa shape index (κ3) is 3.14. The predicted molar refractivity (Wildman–Crippen MR) is 81.0 cm³/mol. The van der Waals surface area contributed by atoms with E-state index in [0.717, 1.165) is 6.07 Å². The smallest absolute Gasteiger partial charge is 0.131 e. The standard InChI is InChI=1S/C14H13Cl2F2NS/c1-3-19-13(9-5-12(15)20-14(9)16)8-4-7(2)10(17)6-11(8)18/h4-6,13,19H,3H2,1-2H3. The molecule has 0 saturated heterocycles. The zero-order valence-corrected chi connectivity index (χ0v) is 13.3. The molecule has 108 valence electrons. The van der Waals surface area contributed by atoms with Gasteiger partial charge in [-0.3, -0.25) is 0 Å². The highest BCUT2D eigenvalue weighted by Crippen LogP contribution is 2.38. The lowest BCUT2D eigenvalue weighted by Crippen LogP contribution is -2.23. The number of benzene rings is 1. The molecule has 0 saturated carbocycles. The van der Waals surface area contributed by atoms with Gasteiger partial charge in [0.25, 0.3) is 0 Å². The van der Waals surface area contributed by atoms with Gasteiger partial charge < -0.3 is 5.32 Å². The molecule has 0 bridgehead atoms. The van der Waals surface area contributed by atoms with Gasteiger partial charge in [-0.15, -0.1) is 11.3 Å². The Balaban J connectivity index is 2.54. The molecule has 0 radical (unpaired) electrons. The fourth-order valence-corrected chi connectivity index (χ4v) is 3.57. The molecule has 1 atom stereocenters. The highest BCUT2D eigenvalue weighted by Gasteiger charge is 2.22. The van der Waals surface area contributed by atoms with E-state index in [2.05, 4.69) is 5.32 Å². The first-order chi connectivity index (χ1) is 9.43. The van der Waals surface area contributed by atoms with E-state index >= 15 is 0 Å². The summed E-state index contributed by atoms with van der Waals surface area (Å²) in [6.45, 7) is 4.12. The van der Waals surface area contributed by atoms with E-state index < -0.39 is 17.7 Å². The molecule has 1 unspecified atom stereocenters. The van der Waals surface area contributed by atoms with Crippen molar-refractivity contribution in [3.05, 3.63) is 55.2 Å². The molecule has 0 aliphatic rings. The minimum Gasteiger partial charge on any atom is -0.306 e. The Morgan fingerprint density at radius 1 is 1.15 bits per heavy atom. The van der Waals surface area contributed by atoms with Crippen LogP contribution in [0.25, 0.3) is 0 Å². The van der Waals surface area contributed by atoms with Crippen molar-refractivity contribution in [3.63, 3.8) is 0 Å². The Labute approximate surface area is 130 Å². The van der Waals surface area contributed by atoms with Gasteiger partial charge in [0, 0.05) is 17.2 Å². The van der Waals surface area contributed by atoms with E-state index in [1.165, 1.54) is 17.4 Å². The Bertz CT molecular complexity index is 628. The van der Waals surface area contributed by atoms with Gasteiger partial charge in [0.1, 0.15) is 11.6 Å². The molecule has 0 amide bonds. The largest absolute Gasteiger partial charge is 0.306 e. The molecule has 0 aliphatic carbocycles. The summed E-state index contributed by atoms with van der Waals surface area (Å²) in [6.07, 6.45) is 0. The van der Waals surface area contributed by atoms with Crippen molar-refractivity contribution in [3.8, 4) is 0 Å². The number of nitrogens with one attached hydrogen (secondary N) is 1. The van der Waals surface area contributed by atoms with E-state index in [4.69, 9.17) is 23.2 Å². The van der Waals surface area contributed by atoms with Crippen LogP contribution in [0.5, 0.6) is 0 Å². The molecular formula is C14H13Cl2F2NS. The summed E-state index contributed by atoms with van der Waals surface area (Å²) in [7, 11) is 0. The van der Waals surface area contributed by atoms with E-state index in [-0.39, 0.29) is 0 Å². The second-order valence-corrected chi connectivity index (χ2v) is 6.68. The maximum atomic E-state index is 14.1. The van der Waals surface area contributed by atoms with Crippen molar-refractivity contribution in [2.45, 2.75) is 19.9 Å². The monoisotopic (exact) mass is 335 g/mol. The van der Waals surface area contributed by atoms with Crippen molar-refractivity contribution in [1.82, 2.24) is 5.32 Å². The lowest BCUT2D eigenvalue weighted by atomic mass is 9.98. The van der Waals surface area contributed by atoms with Crippen molar-refractivity contribution in [2.24, 2.45) is 0 Å². The second-order valence-electron chi connectivity index (χ2n) is 4.39. The van der Waals surface area contributed by atoms with Gasteiger partial charge in [0.05, 0.1) is 14.7 Å². The van der Waals surface area contributed by atoms with Crippen LogP contribution in [0.4, 0.5) is 8.78 Å². The van der Waals surface area contributed by atoms with Crippen LogP contribution in [-0.2, 0) is 0 Å². The highest BCUT2D eigenvalue weighted by molar-refractivity contribution is 7.20. The third-order valence-electron chi connectivity index (χ3n) is 2.99. The van der Waals surface area contributed by atoms with Gasteiger partial charge in [0.2, 0.25) is 0 Å². The number of hydrogen-bond acceptors (Lipinski definition) is 2. The highest BCUT2D eigenvalue weighted by atomic mass is 35.5. The Morgan fingerprint density at radius 2 is 1.85 bits per heavy atom. The lowest BCUT2D eigenvalue weighted by Gasteiger charge is -2.19. The minimum absolute atomic E-state index is 0.363. The average molecular weight is 336 g/mol. The number of aryl methyl sites for hydroxylation is 1. The van der Waals surface area contributed by atoms with Gasteiger partial charge in [-0.2, -0.15) is 0 Å². The Morgan fingerprint density at radius 3 is 2.40 bits per heavy atom. The van der Waals surface area contributed by atoms with Crippen LogP contribution >= 0.6 is 34.5 Å². The molecule has 2 rings (SSSR count). The molecule has 1 heterocycles. The molecule has 20 heavy (non-hydrogen) atoms. The first-order valence-corrected chi connectivity index (χ1v) is 7.65. The molecule has 1 N–H and O–H groups in total. The maximum Gasteiger partial charge on any atom is 0.131 e. The van der Waals surface area contributed by atoms with E-state index in [1.807, 2.05) is 6.92 Å². The maximum absolute atomic E-state index is 14.1. The summed E-state index contributed by atoms with van der Waals surface area (Å²) in [5.41, 5.74) is 1.46. The fourth-order valence-electron chi connectivity index (χ4n) is 2.04. The zero-order valence-electron chi connectivity index (χ0n) is 10.9. The van der Waals surface area contributed by atoms with Crippen molar-refractivity contribution < 1.29 is 8.78 Å². The van der Waals surface area contributed by atoms with Crippen LogP contribution in [-0.4, -0.2) is 6.54 Å². The molecule has 6 heteroatoms. The van der Waals surface area contributed by atoms with Crippen LogP contribution in [0, 0.1) is 18.6 Å². The molecular weight excluding hydrogens is 323 g/mol. The van der Waals surface area contributed by atoms with Gasteiger partial charge in [-0.05, 0) is 31.2 Å². The average Bonchev–Trinajstić information content (AvgIpc) is 2.70. The Hall–Kier alpha value is -0.680. The van der Waals surface area contributed by atoms with E-state index in [9.17, 15) is 8.78 Å². The number of rotatable bonds is 4. The molecule has 0 fully saturated rings. The zero-order chi connectivity index (χ0) is 14.9. The molecule has 0 spiro atoms. The van der Waals surface area contributed by atoms with Crippen molar-refractivity contribution >= 4 is 34.5 Å². The quantitative estimate of drug-likeness (QED) is 0.795. The van der Waals surface area contributed by atoms with Gasteiger partial charge in [-0.1, -0.05) is 30.1 Å². The topological polar surface area (TPSA) is 12.0 Å². The fraction of sp³-hybridized carbons (Fsp3) is 0.286. The summed E-state index contributed by atoms with van der Waals surface area (Å²) in [5.74, 6) is -1.16. The third-order valence-corrected chi connectivity index (χ3v) is 4.51. The van der Waals surface area contributed by atoms with E-state index in [1.54, 1.807) is 13.0 Å². The molecule has 1 aromatic carbocycles.